The summed E-state index contributed by atoms with van der Waals surface area (Å²) in [6.07, 6.45) is 3.17. The van der Waals surface area contributed by atoms with Crippen molar-refractivity contribution in [2.75, 3.05) is 75.7 Å². The van der Waals surface area contributed by atoms with Gasteiger partial charge in [0.25, 0.3) is 5.56 Å². The van der Waals surface area contributed by atoms with Crippen molar-refractivity contribution in [3.05, 3.63) is 77.4 Å². The molecule has 0 spiro atoms. The SMILES string of the molecule is C=CCn1c(=O)c2cnc(Nc3ccc(N4CCN(C5CN(CC6CN(CC(=O)O)C6)C5)CC4)cc3)nc2n1-c1cccc(C(C)(C)O)n1. The van der Waals surface area contributed by atoms with Crippen LogP contribution in [0.3, 0.4) is 0 Å². The van der Waals surface area contributed by atoms with Crippen LogP contribution in [0, 0.1) is 5.92 Å². The summed E-state index contributed by atoms with van der Waals surface area (Å²) in [4.78, 5) is 47.5. The topological polar surface area (TPSA) is 148 Å². The maximum Gasteiger partial charge on any atom is 0.317 e. The van der Waals surface area contributed by atoms with Gasteiger partial charge >= 0.3 is 5.97 Å². The molecule has 7 rings (SSSR count). The molecule has 14 nitrogen and oxygen atoms in total. The molecule has 14 heteroatoms. The Bertz CT molecular complexity index is 1880. The molecule has 4 aromatic rings. The summed E-state index contributed by atoms with van der Waals surface area (Å²) in [5.74, 6) is 0.655. The van der Waals surface area contributed by atoms with Crippen LogP contribution in [-0.4, -0.2) is 127 Å². The van der Waals surface area contributed by atoms with E-state index in [1.807, 2.05) is 17.0 Å². The van der Waals surface area contributed by atoms with Crippen molar-refractivity contribution < 1.29 is 15.0 Å². The largest absolute Gasteiger partial charge is 0.480 e. The lowest BCUT2D eigenvalue weighted by atomic mass is 9.96. The first kappa shape index (κ1) is 32.9. The molecule has 49 heavy (non-hydrogen) atoms. The fourth-order valence-electron chi connectivity index (χ4n) is 7.12. The number of fused-ring (bicyclic) bond motifs is 1. The third-order valence-electron chi connectivity index (χ3n) is 9.72. The van der Waals surface area contributed by atoms with E-state index in [0.29, 0.717) is 40.5 Å². The number of carbonyl (C=O) groups is 1. The molecule has 3 fully saturated rings. The van der Waals surface area contributed by atoms with E-state index in [0.717, 1.165) is 64.6 Å². The van der Waals surface area contributed by atoms with Crippen LogP contribution >= 0.6 is 0 Å². The Hall–Kier alpha value is -4.63. The molecule has 0 radical (unpaired) electrons. The predicted octanol–water partition coefficient (Wildman–Crippen LogP) is 1.96. The van der Waals surface area contributed by atoms with Crippen LogP contribution in [-0.2, 0) is 16.9 Å². The molecule has 3 aliphatic rings. The molecule has 1 aromatic carbocycles. The van der Waals surface area contributed by atoms with Gasteiger partial charge in [-0.15, -0.1) is 6.58 Å². The third-order valence-corrected chi connectivity index (χ3v) is 9.72. The highest BCUT2D eigenvalue weighted by atomic mass is 16.4. The molecule has 3 aliphatic heterocycles. The Morgan fingerprint density at radius 2 is 1.76 bits per heavy atom. The van der Waals surface area contributed by atoms with Gasteiger partial charge in [0.15, 0.2) is 11.5 Å². The summed E-state index contributed by atoms with van der Waals surface area (Å²) in [6.45, 7) is 16.6. The van der Waals surface area contributed by atoms with Gasteiger partial charge in [-0.05, 0) is 56.2 Å². The van der Waals surface area contributed by atoms with Gasteiger partial charge in [-0.2, -0.15) is 4.98 Å². The lowest BCUT2D eigenvalue weighted by molar-refractivity contribution is -0.140. The second kappa shape index (κ2) is 13.3. The van der Waals surface area contributed by atoms with Gasteiger partial charge in [-0.1, -0.05) is 12.1 Å². The number of allylic oxidation sites excluding steroid dienone is 1. The number of aromatic nitrogens is 5. The van der Waals surface area contributed by atoms with Crippen LogP contribution in [0.4, 0.5) is 17.3 Å². The first-order valence-corrected chi connectivity index (χ1v) is 16.9. The van der Waals surface area contributed by atoms with E-state index in [4.69, 9.17) is 10.1 Å². The number of carboxylic acids is 1. The molecule has 0 amide bonds. The number of likely N-dealkylation sites (tertiary alicyclic amines) is 2. The van der Waals surface area contributed by atoms with E-state index in [1.165, 1.54) is 16.6 Å². The fourth-order valence-corrected chi connectivity index (χ4v) is 7.12. The number of rotatable bonds is 12. The number of hydrogen-bond acceptors (Lipinski definition) is 11. The summed E-state index contributed by atoms with van der Waals surface area (Å²) < 4.78 is 3.16. The molecule has 3 aromatic heterocycles. The van der Waals surface area contributed by atoms with Crippen molar-refractivity contribution in [1.82, 2.24) is 39.0 Å². The molecule has 3 saturated heterocycles. The number of pyridine rings is 1. The molecular weight excluding hydrogens is 624 g/mol. The Balaban J connectivity index is 0.966. The van der Waals surface area contributed by atoms with E-state index in [-0.39, 0.29) is 18.6 Å². The highest BCUT2D eigenvalue weighted by Crippen LogP contribution is 2.26. The lowest BCUT2D eigenvalue weighted by Crippen LogP contribution is -2.65. The number of nitrogens with zero attached hydrogens (tertiary/aromatic N) is 9. The van der Waals surface area contributed by atoms with Gasteiger partial charge in [0, 0.05) is 82.5 Å². The Morgan fingerprint density at radius 3 is 2.43 bits per heavy atom. The van der Waals surface area contributed by atoms with Gasteiger partial charge in [-0.25, -0.2) is 19.3 Å². The van der Waals surface area contributed by atoms with Crippen LogP contribution in [0.15, 0.2) is 66.1 Å². The summed E-state index contributed by atoms with van der Waals surface area (Å²) in [5, 5.41) is 23.1. The highest BCUT2D eigenvalue weighted by molar-refractivity contribution is 5.77. The first-order chi connectivity index (χ1) is 23.6. The van der Waals surface area contributed by atoms with Gasteiger partial charge < -0.3 is 20.4 Å². The number of anilines is 3. The van der Waals surface area contributed by atoms with Gasteiger partial charge in [-0.3, -0.25) is 24.3 Å². The van der Waals surface area contributed by atoms with E-state index < -0.39 is 11.6 Å². The number of aliphatic hydroxyl groups is 1. The van der Waals surface area contributed by atoms with Crippen molar-refractivity contribution in [2.24, 2.45) is 5.92 Å². The summed E-state index contributed by atoms with van der Waals surface area (Å²) >= 11 is 0. The normalized spacial score (nSPS) is 18.4. The number of carboxylic acid groups (broad SMARTS) is 1. The zero-order valence-electron chi connectivity index (χ0n) is 28.1. The minimum absolute atomic E-state index is 0.156. The second-order valence-corrected chi connectivity index (χ2v) is 13.9. The van der Waals surface area contributed by atoms with E-state index >= 15 is 0 Å². The standard InChI is InChI=1S/C35H44N10O4/c1-4-12-44-33(48)28-17-36-34(39-32(28)45(44)30-7-5-6-29(38-30)35(2,3)49)37-25-8-10-26(11-9-25)42-13-15-43(16-14-42)27-21-41(22-27)20-24-18-40(19-24)23-31(46)47/h4-11,17,24,27,49H,1,12-16,18-23H2,2-3H3,(H,46,47)(H,36,37,39). The zero-order chi connectivity index (χ0) is 34.3. The monoisotopic (exact) mass is 668 g/mol. The first-order valence-electron chi connectivity index (χ1n) is 16.9. The summed E-state index contributed by atoms with van der Waals surface area (Å²) in [6, 6.07) is 14.2. The number of benzene rings is 1. The van der Waals surface area contributed by atoms with Crippen molar-refractivity contribution in [3.8, 4) is 5.82 Å². The lowest BCUT2D eigenvalue weighted by Gasteiger charge is -2.51. The molecule has 0 unspecified atom stereocenters. The van der Waals surface area contributed by atoms with Crippen molar-refractivity contribution in [3.63, 3.8) is 0 Å². The second-order valence-electron chi connectivity index (χ2n) is 13.9. The third kappa shape index (κ3) is 6.95. The predicted molar refractivity (Wildman–Crippen MR) is 188 cm³/mol. The van der Waals surface area contributed by atoms with Crippen LogP contribution in [0.25, 0.3) is 16.9 Å². The van der Waals surface area contributed by atoms with E-state index in [1.54, 1.807) is 42.8 Å². The van der Waals surface area contributed by atoms with Gasteiger partial charge in [0.05, 0.1) is 18.8 Å². The van der Waals surface area contributed by atoms with E-state index in [9.17, 15) is 14.7 Å². The molecule has 258 valence electrons. The number of hydrogen-bond donors (Lipinski definition) is 3. The zero-order valence-corrected chi connectivity index (χ0v) is 28.1. The Morgan fingerprint density at radius 1 is 1.02 bits per heavy atom. The number of aliphatic carboxylic acids is 1. The summed E-state index contributed by atoms with van der Waals surface area (Å²) in [5.41, 5.74) is 1.46. The van der Waals surface area contributed by atoms with Crippen LogP contribution in [0.5, 0.6) is 0 Å². The maximum atomic E-state index is 13.3. The smallest absolute Gasteiger partial charge is 0.317 e. The van der Waals surface area contributed by atoms with E-state index in [2.05, 4.69) is 48.7 Å². The van der Waals surface area contributed by atoms with Crippen LogP contribution < -0.4 is 15.8 Å². The van der Waals surface area contributed by atoms with Gasteiger partial charge in [0.2, 0.25) is 5.95 Å². The number of piperazine rings is 1. The van der Waals surface area contributed by atoms with Gasteiger partial charge in [0.1, 0.15) is 11.0 Å². The molecule has 0 atom stereocenters. The molecule has 0 aliphatic carbocycles. The quantitative estimate of drug-likeness (QED) is 0.190. The maximum absolute atomic E-state index is 13.3. The summed E-state index contributed by atoms with van der Waals surface area (Å²) in [7, 11) is 0. The van der Waals surface area contributed by atoms with Crippen LogP contribution in [0.2, 0.25) is 0 Å². The molecule has 6 heterocycles. The molecule has 0 bridgehead atoms. The Labute approximate surface area is 284 Å². The molecule has 0 saturated carbocycles. The minimum Gasteiger partial charge on any atom is -0.480 e. The minimum atomic E-state index is -1.16. The fraction of sp³-hybridized carbons (Fsp3) is 0.457. The molecular formula is C35H44N10O4. The van der Waals surface area contributed by atoms with Crippen molar-refractivity contribution in [1.29, 1.82) is 0 Å². The Kier molecular flexibility index (Phi) is 8.96. The van der Waals surface area contributed by atoms with Crippen LogP contribution in [0.1, 0.15) is 19.5 Å². The number of nitrogens with one attached hydrogen (secondary N) is 1. The molecule has 3 N–H and O–H groups in total. The van der Waals surface area contributed by atoms with Crippen molar-refractivity contribution in [2.45, 2.75) is 32.0 Å². The average Bonchev–Trinajstić information content (AvgIpc) is 3.31. The van der Waals surface area contributed by atoms with Crippen molar-refractivity contribution >= 4 is 34.3 Å². The average molecular weight is 669 g/mol. The highest BCUT2D eigenvalue weighted by Gasteiger charge is 2.37.